The van der Waals surface area contributed by atoms with Crippen LogP contribution in [0.1, 0.15) is 37.4 Å². The summed E-state index contributed by atoms with van der Waals surface area (Å²) in [5.41, 5.74) is 2.79. The van der Waals surface area contributed by atoms with Crippen LogP contribution in [0.15, 0.2) is 24.3 Å². The molecular formula is C17H28N2O. The van der Waals surface area contributed by atoms with Gasteiger partial charge in [0.05, 0.1) is 18.8 Å². The van der Waals surface area contributed by atoms with E-state index in [0.29, 0.717) is 6.04 Å². The van der Waals surface area contributed by atoms with Crippen LogP contribution in [0.4, 0.5) is 0 Å². The van der Waals surface area contributed by atoms with Gasteiger partial charge in [-0.1, -0.05) is 38.1 Å². The Bertz CT molecular complexity index is 372. The maximum atomic E-state index is 6.01. The lowest BCUT2D eigenvalue weighted by Crippen LogP contribution is -2.48. The minimum Gasteiger partial charge on any atom is -0.374 e. The maximum Gasteiger partial charge on any atom is 0.0896 e. The predicted molar refractivity (Wildman–Crippen MR) is 84.1 cm³/mol. The van der Waals surface area contributed by atoms with Crippen LogP contribution in [0.5, 0.6) is 0 Å². The number of hydrogen-bond donors (Lipinski definition) is 1. The third-order valence-electron chi connectivity index (χ3n) is 4.10. The van der Waals surface area contributed by atoms with Gasteiger partial charge in [-0.05, 0) is 37.6 Å². The quantitative estimate of drug-likeness (QED) is 0.864. The van der Waals surface area contributed by atoms with Crippen LogP contribution in [0.3, 0.4) is 0 Å². The summed E-state index contributed by atoms with van der Waals surface area (Å²) in [5.74, 6) is 0. The Hall–Kier alpha value is -0.900. The summed E-state index contributed by atoms with van der Waals surface area (Å²) in [6, 6.07) is 9.45. The van der Waals surface area contributed by atoms with Crippen LogP contribution < -0.4 is 5.32 Å². The second kappa shape index (κ2) is 7.77. The van der Waals surface area contributed by atoms with Crippen LogP contribution in [0.2, 0.25) is 0 Å². The zero-order chi connectivity index (χ0) is 14.4. The number of hydrogen-bond acceptors (Lipinski definition) is 3. The number of likely N-dealkylation sites (N-methyl/N-ethyl adjacent to an activating group) is 1. The number of morpholine rings is 1. The van der Waals surface area contributed by atoms with Gasteiger partial charge in [-0.2, -0.15) is 0 Å². The van der Waals surface area contributed by atoms with Crippen molar-refractivity contribution in [2.24, 2.45) is 0 Å². The fraction of sp³-hybridized carbons (Fsp3) is 0.647. The molecule has 1 aliphatic heterocycles. The molecule has 0 bridgehead atoms. The van der Waals surface area contributed by atoms with Crippen molar-refractivity contribution in [1.29, 1.82) is 0 Å². The minimum atomic E-state index is 0.243. The molecule has 0 saturated carbocycles. The molecule has 1 heterocycles. The van der Waals surface area contributed by atoms with E-state index >= 15 is 0 Å². The maximum absolute atomic E-state index is 6.01. The van der Waals surface area contributed by atoms with Gasteiger partial charge in [-0.15, -0.1) is 0 Å². The predicted octanol–water partition coefficient (Wildman–Crippen LogP) is 2.62. The van der Waals surface area contributed by atoms with Gasteiger partial charge >= 0.3 is 0 Å². The molecule has 2 atom stereocenters. The highest BCUT2D eigenvalue weighted by atomic mass is 16.5. The van der Waals surface area contributed by atoms with E-state index in [-0.39, 0.29) is 6.10 Å². The van der Waals surface area contributed by atoms with E-state index in [1.807, 2.05) is 7.05 Å². The number of nitrogens with one attached hydrogen (secondary N) is 1. The molecule has 112 valence electrons. The molecule has 1 aromatic rings. The van der Waals surface area contributed by atoms with Crippen LogP contribution in [0.25, 0.3) is 0 Å². The fourth-order valence-electron chi connectivity index (χ4n) is 3.07. The van der Waals surface area contributed by atoms with E-state index in [9.17, 15) is 0 Å². The standard InChI is InChI=1S/C17H28N2O/c1-4-10-19-11-12-20-16(13-18-3)17(19)15-8-6-14(5-2)7-9-15/h6-9,16-18H,4-5,10-13H2,1-3H3. The van der Waals surface area contributed by atoms with Gasteiger partial charge in [0.15, 0.2) is 0 Å². The average molecular weight is 276 g/mol. The molecule has 1 fully saturated rings. The summed E-state index contributed by atoms with van der Waals surface area (Å²) >= 11 is 0. The van der Waals surface area contributed by atoms with Gasteiger partial charge in [0.1, 0.15) is 0 Å². The largest absolute Gasteiger partial charge is 0.374 e. The van der Waals surface area contributed by atoms with Gasteiger partial charge in [-0.3, -0.25) is 4.90 Å². The highest BCUT2D eigenvalue weighted by Crippen LogP contribution is 2.29. The van der Waals surface area contributed by atoms with E-state index in [1.54, 1.807) is 0 Å². The van der Waals surface area contributed by atoms with Crippen LogP contribution in [0, 0.1) is 0 Å². The van der Waals surface area contributed by atoms with Crippen molar-refractivity contribution in [3.8, 4) is 0 Å². The molecule has 20 heavy (non-hydrogen) atoms. The lowest BCUT2D eigenvalue weighted by atomic mass is 9.96. The van der Waals surface area contributed by atoms with Crippen LogP contribution >= 0.6 is 0 Å². The van der Waals surface area contributed by atoms with Crippen molar-refractivity contribution in [1.82, 2.24) is 10.2 Å². The van der Waals surface area contributed by atoms with Crippen molar-refractivity contribution in [2.75, 3.05) is 33.3 Å². The number of nitrogens with zero attached hydrogens (tertiary/aromatic N) is 1. The molecule has 1 aromatic carbocycles. The van der Waals surface area contributed by atoms with Crippen LogP contribution in [-0.2, 0) is 11.2 Å². The molecule has 3 nitrogen and oxygen atoms in total. The van der Waals surface area contributed by atoms with Crippen molar-refractivity contribution in [2.45, 2.75) is 38.8 Å². The average Bonchev–Trinajstić information content (AvgIpc) is 2.48. The third kappa shape index (κ3) is 3.60. The van der Waals surface area contributed by atoms with E-state index in [2.05, 4.69) is 48.3 Å². The zero-order valence-electron chi connectivity index (χ0n) is 13.1. The molecule has 2 unspecified atom stereocenters. The number of aryl methyl sites for hydroxylation is 1. The van der Waals surface area contributed by atoms with Crippen molar-refractivity contribution in [3.63, 3.8) is 0 Å². The van der Waals surface area contributed by atoms with E-state index in [1.165, 1.54) is 17.5 Å². The molecule has 0 radical (unpaired) electrons. The Morgan fingerprint density at radius 2 is 2.00 bits per heavy atom. The first-order chi connectivity index (χ1) is 9.80. The minimum absolute atomic E-state index is 0.243. The molecule has 3 heteroatoms. The first-order valence-electron chi connectivity index (χ1n) is 7.89. The van der Waals surface area contributed by atoms with Gasteiger partial charge < -0.3 is 10.1 Å². The third-order valence-corrected chi connectivity index (χ3v) is 4.10. The Kier molecular flexibility index (Phi) is 6.02. The topological polar surface area (TPSA) is 24.5 Å². The summed E-state index contributed by atoms with van der Waals surface area (Å²) in [5, 5.41) is 3.27. The smallest absolute Gasteiger partial charge is 0.0896 e. The Morgan fingerprint density at radius 3 is 2.60 bits per heavy atom. The molecule has 1 saturated heterocycles. The number of rotatable bonds is 6. The summed E-state index contributed by atoms with van der Waals surface area (Å²) in [6.45, 7) is 8.38. The van der Waals surface area contributed by atoms with Crippen molar-refractivity contribution < 1.29 is 4.74 Å². The number of benzene rings is 1. The Labute approximate surface area is 123 Å². The van der Waals surface area contributed by atoms with E-state index in [0.717, 1.165) is 32.7 Å². The molecule has 2 rings (SSSR count). The molecule has 0 aliphatic carbocycles. The van der Waals surface area contributed by atoms with Crippen molar-refractivity contribution >= 4 is 0 Å². The molecule has 1 aliphatic rings. The second-order valence-corrected chi connectivity index (χ2v) is 5.54. The molecule has 0 amide bonds. The SMILES string of the molecule is CCCN1CCOC(CNC)C1c1ccc(CC)cc1. The first kappa shape index (κ1) is 15.5. The summed E-state index contributed by atoms with van der Waals surface area (Å²) < 4.78 is 6.01. The van der Waals surface area contributed by atoms with Gasteiger partial charge in [0, 0.05) is 13.1 Å². The van der Waals surface area contributed by atoms with Gasteiger partial charge in [-0.25, -0.2) is 0 Å². The highest BCUT2D eigenvalue weighted by Gasteiger charge is 2.32. The number of ether oxygens (including phenoxy) is 1. The second-order valence-electron chi connectivity index (χ2n) is 5.54. The van der Waals surface area contributed by atoms with Gasteiger partial charge in [0.25, 0.3) is 0 Å². The lowest BCUT2D eigenvalue weighted by molar-refractivity contribution is -0.0704. The normalized spacial score (nSPS) is 23.9. The molecular weight excluding hydrogens is 248 g/mol. The Morgan fingerprint density at radius 1 is 1.25 bits per heavy atom. The highest BCUT2D eigenvalue weighted by molar-refractivity contribution is 5.26. The fourth-order valence-corrected chi connectivity index (χ4v) is 3.07. The van der Waals surface area contributed by atoms with E-state index in [4.69, 9.17) is 4.74 Å². The van der Waals surface area contributed by atoms with E-state index < -0.39 is 0 Å². The van der Waals surface area contributed by atoms with Crippen LogP contribution in [-0.4, -0.2) is 44.3 Å². The Balaban J connectivity index is 2.22. The molecule has 0 aromatic heterocycles. The summed E-state index contributed by atoms with van der Waals surface area (Å²) in [4.78, 5) is 2.58. The zero-order valence-corrected chi connectivity index (χ0v) is 13.1. The molecule has 1 N–H and O–H groups in total. The summed E-state index contributed by atoms with van der Waals surface area (Å²) in [7, 11) is 2.00. The van der Waals surface area contributed by atoms with Crippen molar-refractivity contribution in [3.05, 3.63) is 35.4 Å². The lowest BCUT2D eigenvalue weighted by Gasteiger charge is -2.41. The molecule has 0 spiro atoms. The monoisotopic (exact) mass is 276 g/mol. The first-order valence-corrected chi connectivity index (χ1v) is 7.89. The summed E-state index contributed by atoms with van der Waals surface area (Å²) in [6.07, 6.45) is 2.53. The van der Waals surface area contributed by atoms with Gasteiger partial charge in [0.2, 0.25) is 0 Å².